The molecule has 18 heavy (non-hydrogen) atoms. The monoisotopic (exact) mass is 240 g/mol. The first-order chi connectivity index (χ1) is 8.54. The van der Waals surface area contributed by atoms with Crippen molar-refractivity contribution in [3.63, 3.8) is 0 Å². The zero-order chi connectivity index (χ0) is 13.2. The fourth-order valence-electron chi connectivity index (χ4n) is 2.06. The normalized spacial score (nSPS) is 11.7. The van der Waals surface area contributed by atoms with Gasteiger partial charge < -0.3 is 0 Å². The number of hydrogen-bond donors (Lipinski definition) is 0. The molecule has 0 amide bonds. The Hall–Kier alpha value is -1.63. The number of fused-ring (bicyclic) bond motifs is 1. The molecule has 1 heteroatoms. The van der Waals surface area contributed by atoms with E-state index in [0.29, 0.717) is 12.2 Å². The highest BCUT2D eigenvalue weighted by atomic mass is 16.1. The van der Waals surface area contributed by atoms with Gasteiger partial charge in [0.25, 0.3) is 0 Å². The third-order valence-corrected chi connectivity index (χ3v) is 3.87. The maximum atomic E-state index is 12.3. The molecule has 0 saturated carbocycles. The number of rotatable bonds is 4. The minimum atomic E-state index is -0.225. The van der Waals surface area contributed by atoms with Crippen molar-refractivity contribution in [3.05, 3.63) is 48.0 Å². The van der Waals surface area contributed by atoms with Gasteiger partial charge in [0, 0.05) is 11.8 Å². The van der Waals surface area contributed by atoms with Crippen LogP contribution < -0.4 is 0 Å². The van der Waals surface area contributed by atoms with Gasteiger partial charge in [-0.15, -0.1) is 0 Å². The first-order valence-corrected chi connectivity index (χ1v) is 6.54. The third kappa shape index (κ3) is 2.45. The second kappa shape index (κ2) is 4.93. The summed E-state index contributed by atoms with van der Waals surface area (Å²) < 4.78 is 0. The highest BCUT2D eigenvalue weighted by Crippen LogP contribution is 2.26. The lowest BCUT2D eigenvalue weighted by atomic mass is 9.82. The molecule has 0 bridgehead atoms. The average Bonchev–Trinajstić information content (AvgIpc) is 2.39. The van der Waals surface area contributed by atoms with Crippen LogP contribution in [0.5, 0.6) is 0 Å². The molecule has 94 valence electrons. The highest BCUT2D eigenvalue weighted by molar-refractivity contribution is 5.92. The molecule has 0 aliphatic heterocycles. The number of Topliss-reactive ketones (excluding diaryl/α,β-unsaturated/α-hetero) is 1. The summed E-state index contributed by atoms with van der Waals surface area (Å²) >= 11 is 0. The van der Waals surface area contributed by atoms with Gasteiger partial charge in [-0.2, -0.15) is 0 Å². The molecule has 2 aromatic carbocycles. The van der Waals surface area contributed by atoms with E-state index in [-0.39, 0.29) is 5.41 Å². The molecule has 0 spiro atoms. The Labute approximate surface area is 109 Å². The summed E-state index contributed by atoms with van der Waals surface area (Å²) in [5, 5.41) is 2.40. The van der Waals surface area contributed by atoms with E-state index in [0.717, 1.165) is 12.0 Å². The van der Waals surface area contributed by atoms with E-state index >= 15 is 0 Å². The molecular formula is C17H20O. The van der Waals surface area contributed by atoms with Crippen LogP contribution in [0.3, 0.4) is 0 Å². The van der Waals surface area contributed by atoms with Crippen LogP contribution in [0, 0.1) is 5.41 Å². The summed E-state index contributed by atoms with van der Waals surface area (Å²) in [7, 11) is 0. The molecule has 0 radical (unpaired) electrons. The topological polar surface area (TPSA) is 17.1 Å². The maximum Gasteiger partial charge on any atom is 0.142 e. The zero-order valence-electron chi connectivity index (χ0n) is 11.4. The van der Waals surface area contributed by atoms with Crippen molar-refractivity contribution in [2.24, 2.45) is 5.41 Å². The Morgan fingerprint density at radius 3 is 2.44 bits per heavy atom. The minimum Gasteiger partial charge on any atom is -0.299 e. The van der Waals surface area contributed by atoms with Gasteiger partial charge in [-0.05, 0) is 22.8 Å². The Bertz CT molecular complexity index is 561. The minimum absolute atomic E-state index is 0.225. The number of ketones is 1. The molecule has 0 aliphatic carbocycles. The van der Waals surface area contributed by atoms with Crippen molar-refractivity contribution in [2.45, 2.75) is 33.6 Å². The Morgan fingerprint density at radius 1 is 1.06 bits per heavy atom. The van der Waals surface area contributed by atoms with Gasteiger partial charge in [-0.1, -0.05) is 63.2 Å². The maximum absolute atomic E-state index is 12.3. The van der Waals surface area contributed by atoms with Crippen molar-refractivity contribution < 1.29 is 4.79 Å². The van der Waals surface area contributed by atoms with Crippen LogP contribution >= 0.6 is 0 Å². The van der Waals surface area contributed by atoms with E-state index in [2.05, 4.69) is 31.2 Å². The van der Waals surface area contributed by atoms with Crippen LogP contribution in [0.25, 0.3) is 10.8 Å². The van der Waals surface area contributed by atoms with Crippen LogP contribution in [-0.2, 0) is 11.2 Å². The smallest absolute Gasteiger partial charge is 0.142 e. The molecule has 0 fully saturated rings. The highest BCUT2D eigenvalue weighted by Gasteiger charge is 2.25. The molecule has 2 rings (SSSR count). The van der Waals surface area contributed by atoms with Crippen molar-refractivity contribution in [1.29, 1.82) is 0 Å². The molecular weight excluding hydrogens is 220 g/mol. The van der Waals surface area contributed by atoms with Crippen LogP contribution in [0.4, 0.5) is 0 Å². The van der Waals surface area contributed by atoms with E-state index < -0.39 is 0 Å². The number of benzene rings is 2. The summed E-state index contributed by atoms with van der Waals surface area (Å²) in [4.78, 5) is 12.3. The van der Waals surface area contributed by atoms with Gasteiger partial charge in [0.2, 0.25) is 0 Å². The lowest BCUT2D eigenvalue weighted by molar-refractivity contribution is -0.126. The van der Waals surface area contributed by atoms with E-state index in [9.17, 15) is 4.79 Å². The second-order valence-corrected chi connectivity index (χ2v) is 5.48. The average molecular weight is 240 g/mol. The summed E-state index contributed by atoms with van der Waals surface area (Å²) in [5.41, 5.74) is 0.913. The Balaban J connectivity index is 2.36. The SMILES string of the molecule is CCC(C)(C)C(=O)Cc1cccc2ccccc12. The molecule has 1 nitrogen and oxygen atoms in total. The number of carbonyl (C=O) groups is 1. The lowest BCUT2D eigenvalue weighted by Gasteiger charge is -2.21. The predicted octanol–water partition coefficient (Wildman–Crippen LogP) is 4.39. The van der Waals surface area contributed by atoms with Gasteiger partial charge >= 0.3 is 0 Å². The zero-order valence-corrected chi connectivity index (χ0v) is 11.4. The molecule has 0 heterocycles. The van der Waals surface area contributed by atoms with Crippen LogP contribution in [0.15, 0.2) is 42.5 Å². The summed E-state index contributed by atoms with van der Waals surface area (Å²) in [5.74, 6) is 0.321. The number of hydrogen-bond acceptors (Lipinski definition) is 1. The fourth-order valence-corrected chi connectivity index (χ4v) is 2.06. The van der Waals surface area contributed by atoms with Crippen molar-refractivity contribution in [2.75, 3.05) is 0 Å². The van der Waals surface area contributed by atoms with E-state index in [4.69, 9.17) is 0 Å². The quantitative estimate of drug-likeness (QED) is 0.774. The van der Waals surface area contributed by atoms with Crippen LogP contribution in [0.1, 0.15) is 32.8 Å². The second-order valence-electron chi connectivity index (χ2n) is 5.48. The summed E-state index contributed by atoms with van der Waals surface area (Å²) in [6.45, 7) is 6.13. The Morgan fingerprint density at radius 2 is 1.72 bits per heavy atom. The standard InChI is InChI=1S/C17H20O/c1-4-17(2,3)16(18)12-14-10-7-9-13-8-5-6-11-15(13)14/h5-11H,4,12H2,1-3H3. The molecule has 0 aliphatic rings. The number of carbonyl (C=O) groups excluding carboxylic acids is 1. The predicted molar refractivity (Wildman–Crippen MR) is 76.7 cm³/mol. The van der Waals surface area contributed by atoms with E-state index in [1.807, 2.05) is 32.0 Å². The van der Waals surface area contributed by atoms with Gasteiger partial charge in [0.1, 0.15) is 5.78 Å². The van der Waals surface area contributed by atoms with Gasteiger partial charge in [0.15, 0.2) is 0 Å². The van der Waals surface area contributed by atoms with Crippen LogP contribution in [-0.4, -0.2) is 5.78 Å². The van der Waals surface area contributed by atoms with Crippen molar-refractivity contribution in [3.8, 4) is 0 Å². The third-order valence-electron chi connectivity index (χ3n) is 3.87. The van der Waals surface area contributed by atoms with E-state index in [1.165, 1.54) is 10.8 Å². The van der Waals surface area contributed by atoms with Gasteiger partial charge in [0.05, 0.1) is 0 Å². The molecule has 0 aromatic heterocycles. The molecule has 0 N–H and O–H groups in total. The summed E-state index contributed by atoms with van der Waals surface area (Å²) in [6.07, 6.45) is 1.42. The Kier molecular flexibility index (Phi) is 3.51. The van der Waals surface area contributed by atoms with Crippen molar-refractivity contribution >= 4 is 16.6 Å². The van der Waals surface area contributed by atoms with Crippen LogP contribution in [0.2, 0.25) is 0 Å². The summed E-state index contributed by atoms with van der Waals surface area (Å²) in [6, 6.07) is 14.4. The largest absolute Gasteiger partial charge is 0.299 e. The van der Waals surface area contributed by atoms with Gasteiger partial charge in [-0.3, -0.25) is 4.79 Å². The molecule has 0 atom stereocenters. The first-order valence-electron chi connectivity index (χ1n) is 6.54. The van der Waals surface area contributed by atoms with E-state index in [1.54, 1.807) is 0 Å². The van der Waals surface area contributed by atoms with Crippen molar-refractivity contribution in [1.82, 2.24) is 0 Å². The van der Waals surface area contributed by atoms with Gasteiger partial charge in [-0.25, -0.2) is 0 Å². The first kappa shape index (κ1) is 12.8. The molecule has 0 saturated heterocycles. The lowest BCUT2D eigenvalue weighted by Crippen LogP contribution is -2.25. The molecule has 2 aromatic rings. The molecule has 0 unspecified atom stereocenters. The fraction of sp³-hybridized carbons (Fsp3) is 0.353.